The zero-order valence-electron chi connectivity index (χ0n) is 12.1. The maximum Gasteiger partial charge on any atom is 0.265 e. The minimum absolute atomic E-state index is 0.0566. The Morgan fingerprint density at radius 2 is 2.30 bits per heavy atom. The number of likely N-dealkylation sites (tertiary alicyclic amines) is 1. The summed E-state index contributed by atoms with van der Waals surface area (Å²) in [6.07, 6.45) is 2.71. The van der Waals surface area contributed by atoms with Crippen LogP contribution < -0.4 is 0 Å². The lowest BCUT2D eigenvalue weighted by atomic mass is 9.95. The van der Waals surface area contributed by atoms with Crippen molar-refractivity contribution in [3.63, 3.8) is 0 Å². The van der Waals surface area contributed by atoms with E-state index in [1.807, 2.05) is 16.3 Å². The van der Waals surface area contributed by atoms with Gasteiger partial charge < -0.3 is 10.0 Å². The molecule has 2 rings (SSSR count). The zero-order chi connectivity index (χ0) is 14.5. The van der Waals surface area contributed by atoms with Crippen LogP contribution in [0, 0.1) is 17.8 Å². The highest BCUT2D eigenvalue weighted by molar-refractivity contribution is 7.12. The van der Waals surface area contributed by atoms with E-state index in [1.54, 1.807) is 0 Å². The first-order chi connectivity index (χ1) is 9.63. The molecule has 1 aromatic rings. The average Bonchev–Trinajstić information content (AvgIpc) is 2.89. The fourth-order valence-electron chi connectivity index (χ4n) is 2.49. The number of piperidine rings is 1. The summed E-state index contributed by atoms with van der Waals surface area (Å²) < 4.78 is 0. The lowest BCUT2D eigenvalue weighted by Gasteiger charge is -2.36. The molecule has 4 heteroatoms. The summed E-state index contributed by atoms with van der Waals surface area (Å²) in [5.74, 6) is 6.56. The van der Waals surface area contributed by atoms with E-state index in [0.717, 1.165) is 23.4 Å². The van der Waals surface area contributed by atoms with Crippen LogP contribution in [0.4, 0.5) is 0 Å². The minimum atomic E-state index is 0.0566. The maximum absolute atomic E-state index is 12.7. The summed E-state index contributed by atoms with van der Waals surface area (Å²) in [7, 11) is 0. The molecule has 0 bridgehead atoms. The van der Waals surface area contributed by atoms with Crippen LogP contribution in [0.2, 0.25) is 0 Å². The van der Waals surface area contributed by atoms with E-state index in [2.05, 4.69) is 25.7 Å². The number of aliphatic hydroxyl groups is 1. The number of hydrogen-bond donors (Lipinski definition) is 1. The van der Waals surface area contributed by atoms with Gasteiger partial charge in [0.1, 0.15) is 4.88 Å². The molecule has 2 heterocycles. The standard InChI is InChI=1S/C16H21NO2S/c1-12-6-7-13(2)17(11-12)16(19)15-14(8-10-20-15)5-3-4-9-18/h8,10,12-13,18H,4,6-7,9,11H2,1-2H3. The third kappa shape index (κ3) is 3.41. The molecule has 0 radical (unpaired) electrons. The molecule has 0 aromatic carbocycles. The number of carbonyl (C=O) groups is 1. The van der Waals surface area contributed by atoms with Gasteiger partial charge in [-0.2, -0.15) is 0 Å². The number of thiophene rings is 1. The normalized spacial score (nSPS) is 22.2. The number of aliphatic hydroxyl groups excluding tert-OH is 1. The molecule has 3 nitrogen and oxygen atoms in total. The van der Waals surface area contributed by atoms with Gasteiger partial charge in [-0.3, -0.25) is 4.79 Å². The molecule has 20 heavy (non-hydrogen) atoms. The molecule has 1 aromatic heterocycles. The first kappa shape index (κ1) is 15.1. The van der Waals surface area contributed by atoms with E-state index in [4.69, 9.17) is 5.11 Å². The Kier molecular flexibility index (Phi) is 5.22. The Bertz CT molecular complexity index is 526. The Hall–Kier alpha value is -1.31. The maximum atomic E-state index is 12.7. The van der Waals surface area contributed by atoms with Crippen molar-refractivity contribution in [1.82, 2.24) is 4.90 Å². The molecular weight excluding hydrogens is 270 g/mol. The average molecular weight is 291 g/mol. The lowest BCUT2D eigenvalue weighted by Crippen LogP contribution is -2.44. The van der Waals surface area contributed by atoms with Crippen molar-refractivity contribution in [1.29, 1.82) is 0 Å². The zero-order valence-corrected chi connectivity index (χ0v) is 12.9. The minimum Gasteiger partial charge on any atom is -0.395 e. The number of rotatable bonds is 2. The molecule has 1 N–H and O–H groups in total. The third-order valence-corrected chi connectivity index (χ3v) is 4.60. The number of nitrogens with zero attached hydrogens (tertiary/aromatic N) is 1. The van der Waals surface area contributed by atoms with Crippen LogP contribution in [-0.4, -0.2) is 35.1 Å². The van der Waals surface area contributed by atoms with Gasteiger partial charge >= 0.3 is 0 Å². The van der Waals surface area contributed by atoms with Gasteiger partial charge in [0.25, 0.3) is 5.91 Å². The second-order valence-electron chi connectivity index (χ2n) is 5.43. The van der Waals surface area contributed by atoms with Gasteiger partial charge in [0.2, 0.25) is 0 Å². The topological polar surface area (TPSA) is 40.5 Å². The third-order valence-electron chi connectivity index (χ3n) is 3.70. The molecule has 2 atom stereocenters. The second kappa shape index (κ2) is 6.92. The van der Waals surface area contributed by atoms with Gasteiger partial charge in [0.05, 0.1) is 6.61 Å². The Morgan fingerprint density at radius 1 is 1.50 bits per heavy atom. The SMILES string of the molecule is CC1CCC(C)N(C(=O)c2sccc2C#CCCO)C1. The summed E-state index contributed by atoms with van der Waals surface area (Å²) in [5.41, 5.74) is 0.791. The molecule has 1 aliphatic rings. The van der Waals surface area contributed by atoms with E-state index < -0.39 is 0 Å². The predicted octanol–water partition coefficient (Wildman–Crippen LogP) is 2.74. The molecule has 0 spiro atoms. The van der Waals surface area contributed by atoms with Crippen molar-refractivity contribution in [2.75, 3.05) is 13.2 Å². The van der Waals surface area contributed by atoms with Crippen LogP contribution in [0.5, 0.6) is 0 Å². The van der Waals surface area contributed by atoms with Crippen molar-refractivity contribution < 1.29 is 9.90 Å². The molecule has 108 valence electrons. The fourth-order valence-corrected chi connectivity index (χ4v) is 3.29. The van der Waals surface area contributed by atoms with Crippen LogP contribution in [0.3, 0.4) is 0 Å². The molecular formula is C16H21NO2S. The quantitative estimate of drug-likeness (QED) is 0.851. The molecule has 1 fully saturated rings. The van der Waals surface area contributed by atoms with E-state index >= 15 is 0 Å². The number of carbonyl (C=O) groups excluding carboxylic acids is 1. The van der Waals surface area contributed by atoms with Gasteiger partial charge in [-0.1, -0.05) is 18.8 Å². The Labute approximate surface area is 124 Å². The van der Waals surface area contributed by atoms with Gasteiger partial charge in [0.15, 0.2) is 0 Å². The van der Waals surface area contributed by atoms with Gasteiger partial charge in [-0.25, -0.2) is 0 Å². The largest absolute Gasteiger partial charge is 0.395 e. The van der Waals surface area contributed by atoms with Gasteiger partial charge in [-0.15, -0.1) is 11.3 Å². The van der Waals surface area contributed by atoms with E-state index in [-0.39, 0.29) is 12.5 Å². The first-order valence-corrected chi connectivity index (χ1v) is 7.99. The van der Waals surface area contributed by atoms with Crippen molar-refractivity contribution in [3.8, 4) is 11.8 Å². The highest BCUT2D eigenvalue weighted by atomic mass is 32.1. The summed E-state index contributed by atoms with van der Waals surface area (Å²) >= 11 is 1.46. The van der Waals surface area contributed by atoms with E-state index in [1.165, 1.54) is 17.8 Å². The first-order valence-electron chi connectivity index (χ1n) is 7.11. The van der Waals surface area contributed by atoms with E-state index in [9.17, 15) is 4.79 Å². The van der Waals surface area contributed by atoms with Crippen LogP contribution >= 0.6 is 11.3 Å². The van der Waals surface area contributed by atoms with Crippen molar-refractivity contribution in [2.45, 2.75) is 39.2 Å². The van der Waals surface area contributed by atoms with Crippen LogP contribution in [0.25, 0.3) is 0 Å². The molecule has 0 saturated carbocycles. The Balaban J connectivity index is 2.17. The van der Waals surface area contributed by atoms with Crippen molar-refractivity contribution in [3.05, 3.63) is 21.9 Å². The molecule has 0 aliphatic carbocycles. The molecule has 2 unspecified atom stereocenters. The van der Waals surface area contributed by atoms with Crippen LogP contribution in [0.15, 0.2) is 11.4 Å². The molecule has 1 amide bonds. The summed E-state index contributed by atoms with van der Waals surface area (Å²) in [4.78, 5) is 15.4. The number of hydrogen-bond acceptors (Lipinski definition) is 3. The molecule has 1 saturated heterocycles. The smallest absolute Gasteiger partial charge is 0.265 e. The lowest BCUT2D eigenvalue weighted by molar-refractivity contribution is 0.0579. The van der Waals surface area contributed by atoms with Crippen molar-refractivity contribution in [2.24, 2.45) is 5.92 Å². The van der Waals surface area contributed by atoms with Gasteiger partial charge in [0, 0.05) is 24.6 Å². The monoisotopic (exact) mass is 291 g/mol. The summed E-state index contributed by atoms with van der Waals surface area (Å²) in [5, 5.41) is 10.7. The highest BCUT2D eigenvalue weighted by Crippen LogP contribution is 2.26. The molecule has 1 aliphatic heterocycles. The van der Waals surface area contributed by atoms with Crippen LogP contribution in [-0.2, 0) is 0 Å². The predicted molar refractivity (Wildman–Crippen MR) is 81.8 cm³/mol. The fraction of sp³-hybridized carbons (Fsp3) is 0.562. The second-order valence-corrected chi connectivity index (χ2v) is 6.34. The highest BCUT2D eigenvalue weighted by Gasteiger charge is 2.29. The Morgan fingerprint density at radius 3 is 3.05 bits per heavy atom. The number of amides is 1. The van der Waals surface area contributed by atoms with E-state index in [0.29, 0.717) is 18.4 Å². The summed E-state index contributed by atoms with van der Waals surface area (Å²) in [6.45, 7) is 5.21. The summed E-state index contributed by atoms with van der Waals surface area (Å²) in [6, 6.07) is 2.19. The van der Waals surface area contributed by atoms with Crippen molar-refractivity contribution >= 4 is 17.2 Å². The van der Waals surface area contributed by atoms with Crippen LogP contribution in [0.1, 0.15) is 48.3 Å². The van der Waals surface area contributed by atoms with Gasteiger partial charge in [-0.05, 0) is 37.1 Å².